The minimum atomic E-state index is -0.513. The van der Waals surface area contributed by atoms with E-state index >= 15 is 0 Å². The first-order valence-electron chi connectivity index (χ1n) is 6.82. The summed E-state index contributed by atoms with van der Waals surface area (Å²) >= 11 is 0. The summed E-state index contributed by atoms with van der Waals surface area (Å²) in [5.74, 6) is 2.39. The molecule has 0 radical (unpaired) electrons. The molecule has 0 unspecified atom stereocenters. The molecule has 1 aromatic carbocycles. The zero-order valence-corrected chi connectivity index (χ0v) is 11.5. The van der Waals surface area contributed by atoms with Crippen LogP contribution < -0.4 is 0 Å². The highest BCUT2D eigenvalue weighted by Crippen LogP contribution is 2.43. The summed E-state index contributed by atoms with van der Waals surface area (Å²) in [6.07, 6.45) is 6.66. The van der Waals surface area contributed by atoms with Gasteiger partial charge in [-0.3, -0.25) is 9.80 Å². The second-order valence-electron chi connectivity index (χ2n) is 5.84. The fraction of sp³-hybridized carbons (Fsp3) is 0.438. The third kappa shape index (κ3) is 1.90. The van der Waals surface area contributed by atoms with Crippen molar-refractivity contribution in [1.29, 1.82) is 0 Å². The summed E-state index contributed by atoms with van der Waals surface area (Å²) in [5.41, 5.74) is 0.339. The maximum absolute atomic E-state index is 13.4. The number of amides is 1. The number of halogens is 1. The number of hydrogen-bond acceptors (Lipinski definition) is 2. The van der Waals surface area contributed by atoms with Crippen molar-refractivity contribution < 1.29 is 9.18 Å². The molecular weight excluding hydrogens is 255 g/mol. The maximum Gasteiger partial charge on any atom is 0.245 e. The number of carbonyl (C=O) groups excluding carboxylic acids is 1. The highest BCUT2D eigenvalue weighted by molar-refractivity contribution is 5.85. The Morgan fingerprint density at radius 1 is 1.55 bits per heavy atom. The quantitative estimate of drug-likeness (QED) is 0.772. The summed E-state index contributed by atoms with van der Waals surface area (Å²) in [5, 5.41) is 3.83. The molecular formula is C16H17FN2O. The fourth-order valence-electron chi connectivity index (χ4n) is 3.25. The topological polar surface area (TPSA) is 23.6 Å². The van der Waals surface area contributed by atoms with E-state index in [4.69, 9.17) is 6.42 Å². The van der Waals surface area contributed by atoms with Gasteiger partial charge in [0, 0.05) is 19.5 Å². The van der Waals surface area contributed by atoms with Gasteiger partial charge in [-0.1, -0.05) is 12.1 Å². The molecule has 0 N–H and O–H groups in total. The van der Waals surface area contributed by atoms with Gasteiger partial charge in [0.1, 0.15) is 5.82 Å². The SMILES string of the molecule is C#CC[C@@]1(C)CN2CC[C@H](c3cccc(F)c3)N2C1=O. The number of rotatable bonds is 2. The van der Waals surface area contributed by atoms with E-state index < -0.39 is 5.41 Å². The van der Waals surface area contributed by atoms with Crippen LogP contribution in [-0.2, 0) is 4.79 Å². The highest BCUT2D eigenvalue weighted by atomic mass is 19.1. The molecule has 4 heteroatoms. The number of hydrazine groups is 1. The molecule has 0 saturated carbocycles. The van der Waals surface area contributed by atoms with Gasteiger partial charge < -0.3 is 0 Å². The van der Waals surface area contributed by atoms with E-state index in [1.807, 2.05) is 13.0 Å². The molecule has 0 spiro atoms. The van der Waals surface area contributed by atoms with E-state index in [9.17, 15) is 9.18 Å². The smallest absolute Gasteiger partial charge is 0.245 e. The van der Waals surface area contributed by atoms with Gasteiger partial charge in [0.15, 0.2) is 0 Å². The van der Waals surface area contributed by atoms with Crippen LogP contribution >= 0.6 is 0 Å². The molecule has 20 heavy (non-hydrogen) atoms. The third-order valence-corrected chi connectivity index (χ3v) is 4.24. The lowest BCUT2D eigenvalue weighted by molar-refractivity contribution is -0.142. The molecule has 1 aromatic rings. The van der Waals surface area contributed by atoms with Crippen LogP contribution in [0.4, 0.5) is 4.39 Å². The lowest BCUT2D eigenvalue weighted by atomic mass is 9.86. The van der Waals surface area contributed by atoms with E-state index in [1.54, 1.807) is 11.1 Å². The van der Waals surface area contributed by atoms with Gasteiger partial charge in [0.25, 0.3) is 0 Å². The summed E-state index contributed by atoms with van der Waals surface area (Å²) in [6, 6.07) is 6.43. The Kier molecular flexibility index (Phi) is 3.02. The van der Waals surface area contributed by atoms with Crippen LogP contribution in [0.15, 0.2) is 24.3 Å². The first-order valence-corrected chi connectivity index (χ1v) is 6.82. The first-order chi connectivity index (χ1) is 9.55. The average molecular weight is 272 g/mol. The third-order valence-electron chi connectivity index (χ3n) is 4.24. The van der Waals surface area contributed by atoms with Crippen molar-refractivity contribution in [3.05, 3.63) is 35.6 Å². The standard InChI is InChI=1S/C16H17FN2O/c1-3-8-16(2)11-18-9-7-14(19(18)15(16)20)12-5-4-6-13(17)10-12/h1,4-6,10,14H,7-9,11H2,2H3/t14-,16+/m1/s1. The number of nitrogens with zero attached hydrogens (tertiary/aromatic N) is 2. The zero-order valence-electron chi connectivity index (χ0n) is 11.5. The minimum absolute atomic E-state index is 0.0576. The van der Waals surface area contributed by atoms with E-state index in [0.29, 0.717) is 13.0 Å². The largest absolute Gasteiger partial charge is 0.273 e. The predicted octanol–water partition coefficient (Wildman–Crippen LogP) is 2.36. The lowest BCUT2D eigenvalue weighted by Gasteiger charge is -2.26. The van der Waals surface area contributed by atoms with Gasteiger partial charge in [-0.25, -0.2) is 9.40 Å². The Labute approximate surface area is 118 Å². The molecule has 2 aliphatic heterocycles. The zero-order chi connectivity index (χ0) is 14.3. The highest BCUT2D eigenvalue weighted by Gasteiger charge is 2.52. The monoisotopic (exact) mass is 272 g/mol. The molecule has 3 nitrogen and oxygen atoms in total. The molecule has 0 aromatic heterocycles. The summed E-state index contributed by atoms with van der Waals surface area (Å²) < 4.78 is 13.4. The van der Waals surface area contributed by atoms with Crippen LogP contribution in [0.1, 0.15) is 31.4 Å². The van der Waals surface area contributed by atoms with Gasteiger partial charge in [0.2, 0.25) is 5.91 Å². The normalized spacial score (nSPS) is 29.6. The molecule has 2 saturated heterocycles. The van der Waals surface area contributed by atoms with Crippen LogP contribution in [0.3, 0.4) is 0 Å². The van der Waals surface area contributed by atoms with E-state index in [-0.39, 0.29) is 17.8 Å². The average Bonchev–Trinajstić information content (AvgIpc) is 2.90. The van der Waals surface area contributed by atoms with Gasteiger partial charge in [-0.15, -0.1) is 12.3 Å². The molecule has 2 fully saturated rings. The van der Waals surface area contributed by atoms with Gasteiger partial charge in [0.05, 0.1) is 11.5 Å². The van der Waals surface area contributed by atoms with Crippen LogP contribution in [0.5, 0.6) is 0 Å². The van der Waals surface area contributed by atoms with Gasteiger partial charge in [-0.05, 0) is 31.0 Å². The number of hydrogen-bond donors (Lipinski definition) is 0. The molecule has 2 atom stereocenters. The van der Waals surface area contributed by atoms with Crippen LogP contribution in [0.2, 0.25) is 0 Å². The Morgan fingerprint density at radius 2 is 2.35 bits per heavy atom. The summed E-state index contributed by atoms with van der Waals surface area (Å²) in [4.78, 5) is 12.7. The maximum atomic E-state index is 13.4. The Hall–Kier alpha value is -1.86. The summed E-state index contributed by atoms with van der Waals surface area (Å²) in [6.45, 7) is 3.38. The Bertz CT molecular complexity index is 594. The Balaban J connectivity index is 1.91. The number of carbonyl (C=O) groups is 1. The molecule has 1 amide bonds. The van der Waals surface area contributed by atoms with Crippen molar-refractivity contribution in [2.75, 3.05) is 13.1 Å². The summed E-state index contributed by atoms with van der Waals surface area (Å²) in [7, 11) is 0. The predicted molar refractivity (Wildman–Crippen MR) is 73.7 cm³/mol. The van der Waals surface area contributed by atoms with Crippen molar-refractivity contribution >= 4 is 5.91 Å². The molecule has 0 aliphatic carbocycles. The van der Waals surface area contributed by atoms with Crippen molar-refractivity contribution in [1.82, 2.24) is 10.0 Å². The van der Waals surface area contributed by atoms with E-state index in [1.165, 1.54) is 12.1 Å². The van der Waals surface area contributed by atoms with E-state index in [0.717, 1.165) is 18.5 Å². The fourth-order valence-corrected chi connectivity index (χ4v) is 3.25. The molecule has 104 valence electrons. The number of benzene rings is 1. The molecule has 2 heterocycles. The molecule has 2 aliphatic rings. The number of fused-ring (bicyclic) bond motifs is 1. The van der Waals surface area contributed by atoms with Crippen molar-refractivity contribution in [2.24, 2.45) is 5.41 Å². The lowest BCUT2D eigenvalue weighted by Crippen LogP contribution is -2.36. The molecule has 0 bridgehead atoms. The Morgan fingerprint density at radius 3 is 3.05 bits per heavy atom. The van der Waals surface area contributed by atoms with Crippen LogP contribution in [0.25, 0.3) is 0 Å². The second kappa shape index (κ2) is 4.60. The first kappa shape index (κ1) is 13.1. The van der Waals surface area contributed by atoms with E-state index in [2.05, 4.69) is 10.9 Å². The molecule has 3 rings (SSSR count). The van der Waals surface area contributed by atoms with Crippen LogP contribution in [0, 0.1) is 23.6 Å². The van der Waals surface area contributed by atoms with Crippen molar-refractivity contribution in [3.63, 3.8) is 0 Å². The van der Waals surface area contributed by atoms with Crippen molar-refractivity contribution in [3.8, 4) is 12.3 Å². The minimum Gasteiger partial charge on any atom is -0.273 e. The second-order valence-corrected chi connectivity index (χ2v) is 5.84. The van der Waals surface area contributed by atoms with Gasteiger partial charge >= 0.3 is 0 Å². The number of terminal acetylenes is 1. The van der Waals surface area contributed by atoms with Crippen LogP contribution in [-0.4, -0.2) is 29.0 Å². The van der Waals surface area contributed by atoms with Gasteiger partial charge in [-0.2, -0.15) is 0 Å². The van der Waals surface area contributed by atoms with Crippen molar-refractivity contribution in [2.45, 2.75) is 25.8 Å².